The number of ketones is 1. The van der Waals surface area contributed by atoms with Crippen LogP contribution in [0.1, 0.15) is 23.2 Å². The fourth-order valence-corrected chi connectivity index (χ4v) is 1.83. The van der Waals surface area contributed by atoms with E-state index in [-0.39, 0.29) is 18.6 Å². The highest BCUT2D eigenvalue weighted by Crippen LogP contribution is 2.24. The van der Waals surface area contributed by atoms with Gasteiger partial charge in [-0.05, 0) is 18.2 Å². The number of esters is 1. The number of primary amides is 1. The second-order valence-electron chi connectivity index (χ2n) is 3.89. The molecule has 0 fully saturated rings. The van der Waals surface area contributed by atoms with Crippen molar-refractivity contribution in [1.82, 2.24) is 0 Å². The summed E-state index contributed by atoms with van der Waals surface area (Å²) in [7, 11) is 1.46. The van der Waals surface area contributed by atoms with Crippen molar-refractivity contribution in [3.05, 3.63) is 28.2 Å². The molecular weight excluding hydrogens is 330 g/mol. The predicted octanol–water partition coefficient (Wildman–Crippen LogP) is 1.45. The van der Waals surface area contributed by atoms with E-state index >= 15 is 0 Å². The number of hydrogen-bond acceptors (Lipinski definition) is 5. The molecule has 108 valence electrons. The van der Waals surface area contributed by atoms with E-state index in [1.54, 1.807) is 18.2 Å². The number of hydrogen-bond donors (Lipinski definition) is 1. The van der Waals surface area contributed by atoms with Crippen molar-refractivity contribution in [3.8, 4) is 5.75 Å². The molecule has 6 nitrogen and oxygen atoms in total. The van der Waals surface area contributed by atoms with Crippen LogP contribution in [0.5, 0.6) is 5.75 Å². The Morgan fingerprint density at radius 1 is 1.25 bits per heavy atom. The van der Waals surface area contributed by atoms with Crippen LogP contribution in [-0.4, -0.2) is 31.4 Å². The van der Waals surface area contributed by atoms with Crippen LogP contribution < -0.4 is 10.5 Å². The Morgan fingerprint density at radius 2 is 1.95 bits per heavy atom. The number of ether oxygens (including phenoxy) is 2. The van der Waals surface area contributed by atoms with Crippen molar-refractivity contribution in [2.75, 3.05) is 13.7 Å². The van der Waals surface area contributed by atoms with Crippen LogP contribution in [0.2, 0.25) is 0 Å². The van der Waals surface area contributed by atoms with Gasteiger partial charge in [-0.1, -0.05) is 15.9 Å². The minimum atomic E-state index is -0.738. The maximum atomic E-state index is 12.0. The van der Waals surface area contributed by atoms with Crippen molar-refractivity contribution in [2.45, 2.75) is 12.8 Å². The van der Waals surface area contributed by atoms with Gasteiger partial charge in [0, 0.05) is 10.9 Å². The molecule has 20 heavy (non-hydrogen) atoms. The fraction of sp³-hybridized carbons (Fsp3) is 0.308. The topological polar surface area (TPSA) is 95.7 Å². The largest absolute Gasteiger partial charge is 0.496 e. The molecule has 0 bridgehead atoms. The number of methoxy groups -OCH3 is 1. The predicted molar refractivity (Wildman–Crippen MR) is 74.4 cm³/mol. The van der Waals surface area contributed by atoms with Crippen molar-refractivity contribution >= 4 is 33.6 Å². The summed E-state index contributed by atoms with van der Waals surface area (Å²) in [6.45, 7) is -0.479. The van der Waals surface area contributed by atoms with Crippen molar-refractivity contribution in [1.29, 1.82) is 0 Å². The van der Waals surface area contributed by atoms with E-state index in [4.69, 9.17) is 10.5 Å². The summed E-state index contributed by atoms with van der Waals surface area (Å²) in [4.78, 5) is 33.7. The van der Waals surface area contributed by atoms with Crippen molar-refractivity contribution < 1.29 is 23.9 Å². The molecule has 1 aromatic carbocycles. The average Bonchev–Trinajstić information content (AvgIpc) is 2.42. The van der Waals surface area contributed by atoms with Gasteiger partial charge in [-0.2, -0.15) is 0 Å². The quantitative estimate of drug-likeness (QED) is 0.597. The third-order valence-electron chi connectivity index (χ3n) is 2.39. The van der Waals surface area contributed by atoms with Crippen LogP contribution in [0, 0.1) is 0 Å². The fourth-order valence-electron chi connectivity index (χ4n) is 1.47. The van der Waals surface area contributed by atoms with E-state index in [2.05, 4.69) is 20.7 Å². The lowest BCUT2D eigenvalue weighted by atomic mass is 10.1. The molecule has 0 saturated heterocycles. The molecule has 0 saturated carbocycles. The average molecular weight is 344 g/mol. The first-order chi connectivity index (χ1) is 9.43. The maximum Gasteiger partial charge on any atom is 0.306 e. The van der Waals surface area contributed by atoms with Gasteiger partial charge in [0.15, 0.2) is 12.4 Å². The van der Waals surface area contributed by atoms with E-state index < -0.39 is 18.5 Å². The third kappa shape index (κ3) is 5.00. The molecule has 1 rings (SSSR count). The Kier molecular flexibility index (Phi) is 6.17. The lowest BCUT2D eigenvalue weighted by molar-refractivity contribution is -0.147. The van der Waals surface area contributed by atoms with Gasteiger partial charge in [0.2, 0.25) is 0 Å². The summed E-state index contributed by atoms with van der Waals surface area (Å²) in [6, 6.07) is 5.02. The highest BCUT2D eigenvalue weighted by Gasteiger charge is 2.15. The molecule has 0 radical (unpaired) electrons. The minimum Gasteiger partial charge on any atom is -0.496 e. The van der Waals surface area contributed by atoms with E-state index in [0.717, 1.165) is 4.47 Å². The monoisotopic (exact) mass is 343 g/mol. The molecule has 0 spiro atoms. The zero-order valence-corrected chi connectivity index (χ0v) is 12.4. The second kappa shape index (κ2) is 7.64. The standard InChI is InChI=1S/C13H14BrNO5/c1-19-11-4-2-8(14)6-9(11)10(16)3-5-13(18)20-7-12(15)17/h2,4,6H,3,5,7H2,1H3,(H2,15,17). The summed E-state index contributed by atoms with van der Waals surface area (Å²) in [5.74, 6) is -1.20. The molecule has 7 heteroatoms. The molecule has 0 aliphatic heterocycles. The number of benzene rings is 1. The van der Waals surface area contributed by atoms with Gasteiger partial charge in [0.05, 0.1) is 19.1 Å². The van der Waals surface area contributed by atoms with E-state index in [0.29, 0.717) is 11.3 Å². The molecular formula is C13H14BrNO5. The summed E-state index contributed by atoms with van der Waals surface area (Å²) < 4.78 is 10.4. The van der Waals surface area contributed by atoms with Gasteiger partial charge < -0.3 is 15.2 Å². The SMILES string of the molecule is COc1ccc(Br)cc1C(=O)CCC(=O)OCC(N)=O. The Balaban J connectivity index is 2.61. The summed E-state index contributed by atoms with van der Waals surface area (Å²) >= 11 is 3.26. The van der Waals surface area contributed by atoms with Gasteiger partial charge in [-0.25, -0.2) is 0 Å². The van der Waals surface area contributed by atoms with Crippen LogP contribution >= 0.6 is 15.9 Å². The van der Waals surface area contributed by atoms with Crippen LogP contribution in [0.4, 0.5) is 0 Å². The Hall–Kier alpha value is -1.89. The molecule has 0 aliphatic carbocycles. The molecule has 0 unspecified atom stereocenters. The number of carbonyl (C=O) groups excluding carboxylic acids is 3. The highest BCUT2D eigenvalue weighted by molar-refractivity contribution is 9.10. The molecule has 2 N–H and O–H groups in total. The zero-order chi connectivity index (χ0) is 15.1. The van der Waals surface area contributed by atoms with Crippen molar-refractivity contribution in [3.63, 3.8) is 0 Å². The Morgan fingerprint density at radius 3 is 2.55 bits per heavy atom. The Bertz CT molecular complexity index is 529. The zero-order valence-electron chi connectivity index (χ0n) is 10.8. The van der Waals surface area contributed by atoms with Gasteiger partial charge in [-0.15, -0.1) is 0 Å². The van der Waals surface area contributed by atoms with E-state index in [1.165, 1.54) is 7.11 Å². The minimum absolute atomic E-state index is 0.0373. The summed E-state index contributed by atoms with van der Waals surface area (Å²) in [5.41, 5.74) is 5.22. The molecule has 1 amide bonds. The number of nitrogens with two attached hydrogens (primary N) is 1. The van der Waals surface area contributed by atoms with Gasteiger partial charge in [0.25, 0.3) is 5.91 Å². The van der Waals surface area contributed by atoms with Crippen LogP contribution in [-0.2, 0) is 14.3 Å². The maximum absolute atomic E-state index is 12.0. The van der Waals surface area contributed by atoms with Gasteiger partial charge in [0.1, 0.15) is 5.75 Å². The van der Waals surface area contributed by atoms with Crippen molar-refractivity contribution in [2.24, 2.45) is 5.73 Å². The lowest BCUT2D eigenvalue weighted by Gasteiger charge is -2.08. The summed E-state index contributed by atoms with van der Waals surface area (Å²) in [6.07, 6.45) is -0.161. The van der Waals surface area contributed by atoms with E-state index in [1.807, 2.05) is 0 Å². The number of rotatable bonds is 7. The highest BCUT2D eigenvalue weighted by atomic mass is 79.9. The molecule has 1 aromatic rings. The number of carbonyl (C=O) groups is 3. The molecule has 0 aromatic heterocycles. The number of amides is 1. The third-order valence-corrected chi connectivity index (χ3v) is 2.89. The number of Topliss-reactive ketones (excluding diaryl/α,β-unsaturated/α-hetero) is 1. The first kappa shape index (κ1) is 16.2. The second-order valence-corrected chi connectivity index (χ2v) is 4.81. The first-order valence-corrected chi connectivity index (χ1v) is 6.54. The molecule has 0 aliphatic rings. The van der Waals surface area contributed by atoms with E-state index in [9.17, 15) is 14.4 Å². The van der Waals surface area contributed by atoms with Gasteiger partial charge in [-0.3, -0.25) is 14.4 Å². The molecule has 0 atom stereocenters. The molecule has 0 heterocycles. The lowest BCUT2D eigenvalue weighted by Crippen LogP contribution is -2.21. The van der Waals surface area contributed by atoms with Crippen LogP contribution in [0.15, 0.2) is 22.7 Å². The van der Waals surface area contributed by atoms with Crippen LogP contribution in [0.3, 0.4) is 0 Å². The van der Waals surface area contributed by atoms with Crippen LogP contribution in [0.25, 0.3) is 0 Å². The summed E-state index contributed by atoms with van der Waals surface area (Å²) in [5, 5.41) is 0. The first-order valence-electron chi connectivity index (χ1n) is 5.74. The number of halogens is 1. The Labute approximate surface area is 124 Å². The normalized spacial score (nSPS) is 9.90. The van der Waals surface area contributed by atoms with Gasteiger partial charge >= 0.3 is 5.97 Å². The smallest absolute Gasteiger partial charge is 0.306 e.